The fourth-order valence-electron chi connectivity index (χ4n) is 3.38. The second-order valence-electron chi connectivity index (χ2n) is 7.14. The first-order valence-corrected chi connectivity index (χ1v) is 11.0. The number of hydrogen-bond acceptors (Lipinski definition) is 7. The third-order valence-corrected chi connectivity index (χ3v) is 5.95. The van der Waals surface area contributed by atoms with Crippen LogP contribution in [-0.4, -0.2) is 28.0 Å². The van der Waals surface area contributed by atoms with Gasteiger partial charge in [-0.15, -0.1) is 0 Å². The Bertz CT molecular complexity index is 1320. The van der Waals surface area contributed by atoms with E-state index in [2.05, 4.69) is 10.3 Å². The van der Waals surface area contributed by atoms with Crippen molar-refractivity contribution in [1.29, 1.82) is 0 Å². The summed E-state index contributed by atoms with van der Waals surface area (Å²) in [6.07, 6.45) is 1.55. The topological polar surface area (TPSA) is 95.6 Å². The summed E-state index contributed by atoms with van der Waals surface area (Å²) < 4.78 is 17.8. The molecule has 2 aromatic heterocycles. The van der Waals surface area contributed by atoms with Crippen LogP contribution in [0.5, 0.6) is 11.5 Å². The minimum absolute atomic E-state index is 0.107. The highest BCUT2D eigenvalue weighted by Crippen LogP contribution is 2.35. The minimum Gasteiger partial charge on any atom is -0.467 e. The van der Waals surface area contributed by atoms with E-state index in [0.717, 1.165) is 5.56 Å². The first kappa shape index (κ1) is 20.2. The van der Waals surface area contributed by atoms with Crippen LogP contribution in [0.4, 0.5) is 0 Å². The monoisotopic (exact) mass is 449 g/mol. The summed E-state index contributed by atoms with van der Waals surface area (Å²) in [6.45, 7) is 0.751. The van der Waals surface area contributed by atoms with Crippen LogP contribution in [-0.2, 0) is 17.9 Å². The third kappa shape index (κ3) is 4.19. The maximum atomic E-state index is 13.3. The van der Waals surface area contributed by atoms with Gasteiger partial charge in [0, 0.05) is 12.6 Å². The lowest BCUT2D eigenvalue weighted by atomic mass is 10.2. The Hall–Kier alpha value is -3.72. The maximum Gasteiger partial charge on any atom is 0.262 e. The molecule has 0 aliphatic carbocycles. The lowest BCUT2D eigenvalue weighted by Gasteiger charge is -2.12. The van der Waals surface area contributed by atoms with Crippen molar-refractivity contribution in [3.05, 3.63) is 82.5 Å². The summed E-state index contributed by atoms with van der Waals surface area (Å²) in [5.41, 5.74) is 1.26. The van der Waals surface area contributed by atoms with Gasteiger partial charge in [-0.25, -0.2) is 4.98 Å². The molecule has 32 heavy (non-hydrogen) atoms. The molecular formula is C23H19N3O5S. The molecule has 0 radical (unpaired) electrons. The molecule has 8 nitrogen and oxygen atoms in total. The molecule has 1 aliphatic heterocycles. The number of amides is 1. The molecule has 1 aliphatic rings. The van der Waals surface area contributed by atoms with E-state index in [-0.39, 0.29) is 30.6 Å². The second kappa shape index (κ2) is 8.80. The summed E-state index contributed by atoms with van der Waals surface area (Å²) >= 11 is 1.20. The van der Waals surface area contributed by atoms with Crippen molar-refractivity contribution in [2.45, 2.75) is 18.2 Å². The van der Waals surface area contributed by atoms with Crippen molar-refractivity contribution in [3.8, 4) is 11.5 Å². The summed E-state index contributed by atoms with van der Waals surface area (Å²) in [5.74, 6) is 1.65. The maximum absolute atomic E-state index is 13.3. The van der Waals surface area contributed by atoms with Crippen molar-refractivity contribution >= 4 is 28.6 Å². The Morgan fingerprint density at radius 2 is 1.91 bits per heavy atom. The molecule has 5 rings (SSSR count). The van der Waals surface area contributed by atoms with Crippen LogP contribution in [0.3, 0.4) is 0 Å². The number of ether oxygens (including phenoxy) is 2. The Morgan fingerprint density at radius 3 is 2.69 bits per heavy atom. The Morgan fingerprint density at radius 1 is 1.09 bits per heavy atom. The molecule has 3 heterocycles. The second-order valence-corrected chi connectivity index (χ2v) is 8.08. The summed E-state index contributed by atoms with van der Waals surface area (Å²) in [4.78, 5) is 30.4. The van der Waals surface area contributed by atoms with E-state index in [1.54, 1.807) is 30.5 Å². The summed E-state index contributed by atoms with van der Waals surface area (Å²) in [5, 5.41) is 3.73. The van der Waals surface area contributed by atoms with Crippen LogP contribution in [0.2, 0.25) is 0 Å². The van der Waals surface area contributed by atoms with Crippen LogP contribution in [0, 0.1) is 0 Å². The number of hydrogen-bond donors (Lipinski definition) is 1. The average molecular weight is 449 g/mol. The number of furan rings is 1. The van der Waals surface area contributed by atoms with Gasteiger partial charge in [-0.1, -0.05) is 42.1 Å². The molecular weight excluding hydrogens is 430 g/mol. The normalized spacial score (nSPS) is 12.2. The largest absolute Gasteiger partial charge is 0.467 e. The zero-order valence-corrected chi connectivity index (χ0v) is 17.8. The predicted molar refractivity (Wildman–Crippen MR) is 119 cm³/mol. The van der Waals surface area contributed by atoms with E-state index in [1.807, 2.05) is 30.3 Å². The molecule has 0 unspecified atom stereocenters. The standard InChI is InChI=1S/C23H19N3O5S/c27-21(24-11-15-5-2-1-3-6-15)13-32-23-25-18-10-20-19(30-14-31-20)9-17(18)22(28)26(23)12-16-7-4-8-29-16/h1-10H,11-14H2,(H,24,27). The number of rotatable bonds is 7. The fourth-order valence-corrected chi connectivity index (χ4v) is 4.20. The quantitative estimate of drug-likeness (QED) is 0.342. The Kier molecular flexibility index (Phi) is 5.55. The summed E-state index contributed by atoms with van der Waals surface area (Å²) in [7, 11) is 0. The molecule has 0 atom stereocenters. The van der Waals surface area contributed by atoms with Gasteiger partial charge in [-0.2, -0.15) is 0 Å². The first-order valence-electron chi connectivity index (χ1n) is 9.97. The molecule has 0 bridgehead atoms. The predicted octanol–water partition coefficient (Wildman–Crippen LogP) is 3.18. The van der Waals surface area contributed by atoms with Crippen LogP contribution >= 0.6 is 11.8 Å². The highest BCUT2D eigenvalue weighted by molar-refractivity contribution is 7.99. The molecule has 0 fully saturated rings. The third-order valence-electron chi connectivity index (χ3n) is 4.97. The molecule has 0 saturated carbocycles. The van der Waals surface area contributed by atoms with Crippen LogP contribution < -0.4 is 20.3 Å². The zero-order valence-electron chi connectivity index (χ0n) is 16.9. The molecule has 1 amide bonds. The highest BCUT2D eigenvalue weighted by Gasteiger charge is 2.20. The minimum atomic E-state index is -0.239. The molecule has 1 N–H and O–H groups in total. The van der Waals surface area contributed by atoms with Crippen molar-refractivity contribution in [2.75, 3.05) is 12.5 Å². The number of thioether (sulfide) groups is 1. The number of nitrogens with one attached hydrogen (secondary N) is 1. The Balaban J connectivity index is 1.41. The lowest BCUT2D eigenvalue weighted by Crippen LogP contribution is -2.27. The number of benzene rings is 2. The van der Waals surface area contributed by atoms with Crippen LogP contribution in [0.1, 0.15) is 11.3 Å². The van der Waals surface area contributed by atoms with E-state index in [9.17, 15) is 9.59 Å². The fraction of sp³-hybridized carbons (Fsp3) is 0.174. The van der Waals surface area contributed by atoms with Gasteiger partial charge >= 0.3 is 0 Å². The highest BCUT2D eigenvalue weighted by atomic mass is 32.2. The van der Waals surface area contributed by atoms with Crippen LogP contribution in [0.15, 0.2) is 75.2 Å². The SMILES string of the molecule is O=C(CSc1nc2cc3c(cc2c(=O)n1Cc1ccco1)OCO3)NCc1ccccc1. The van der Waals surface area contributed by atoms with E-state index >= 15 is 0 Å². The number of carbonyl (C=O) groups is 1. The van der Waals surface area contributed by atoms with Gasteiger partial charge in [-0.05, 0) is 23.8 Å². The van der Waals surface area contributed by atoms with E-state index in [4.69, 9.17) is 13.9 Å². The van der Waals surface area contributed by atoms with Gasteiger partial charge in [0.25, 0.3) is 5.56 Å². The molecule has 0 saturated heterocycles. The number of fused-ring (bicyclic) bond motifs is 2. The first-order chi connectivity index (χ1) is 15.7. The molecule has 0 spiro atoms. The van der Waals surface area contributed by atoms with Crippen molar-refractivity contribution < 1.29 is 18.7 Å². The van der Waals surface area contributed by atoms with Gasteiger partial charge in [0.1, 0.15) is 5.76 Å². The van der Waals surface area contributed by atoms with Crippen molar-refractivity contribution in [3.63, 3.8) is 0 Å². The smallest absolute Gasteiger partial charge is 0.262 e. The van der Waals surface area contributed by atoms with E-state index < -0.39 is 0 Å². The Labute approximate surface area is 187 Å². The van der Waals surface area contributed by atoms with Gasteiger partial charge in [0.15, 0.2) is 16.7 Å². The van der Waals surface area contributed by atoms with Gasteiger partial charge < -0.3 is 19.2 Å². The number of nitrogens with zero attached hydrogens (tertiary/aromatic N) is 2. The number of carbonyl (C=O) groups excluding carboxylic acids is 1. The molecule has 4 aromatic rings. The van der Waals surface area contributed by atoms with Crippen molar-refractivity contribution in [1.82, 2.24) is 14.9 Å². The molecule has 162 valence electrons. The van der Waals surface area contributed by atoms with Crippen LogP contribution in [0.25, 0.3) is 10.9 Å². The lowest BCUT2D eigenvalue weighted by molar-refractivity contribution is -0.118. The zero-order chi connectivity index (χ0) is 21.9. The average Bonchev–Trinajstić information content (AvgIpc) is 3.49. The molecule has 9 heteroatoms. The van der Waals surface area contributed by atoms with E-state index in [1.165, 1.54) is 16.3 Å². The van der Waals surface area contributed by atoms with Gasteiger partial charge in [0.2, 0.25) is 12.7 Å². The van der Waals surface area contributed by atoms with Gasteiger partial charge in [-0.3, -0.25) is 14.2 Å². The van der Waals surface area contributed by atoms with Gasteiger partial charge in [0.05, 0.1) is 29.5 Å². The summed E-state index contributed by atoms with van der Waals surface area (Å²) in [6, 6.07) is 16.6. The number of aromatic nitrogens is 2. The van der Waals surface area contributed by atoms with Crippen molar-refractivity contribution in [2.24, 2.45) is 0 Å². The molecule has 2 aromatic carbocycles. The van der Waals surface area contributed by atoms with E-state index in [0.29, 0.717) is 39.9 Å².